The summed E-state index contributed by atoms with van der Waals surface area (Å²) in [5.41, 5.74) is 3.51. The number of hydrogen-bond donors (Lipinski definition) is 0. The zero-order valence-electron chi connectivity index (χ0n) is 12.0. The van der Waals surface area contributed by atoms with E-state index in [4.69, 9.17) is 16.3 Å². The van der Waals surface area contributed by atoms with Crippen LogP contribution >= 0.6 is 11.6 Å². The van der Waals surface area contributed by atoms with E-state index in [0.717, 1.165) is 22.3 Å². The predicted molar refractivity (Wildman–Crippen MR) is 84.2 cm³/mol. The summed E-state index contributed by atoms with van der Waals surface area (Å²) in [6, 6.07) is 13.3. The van der Waals surface area contributed by atoms with Gasteiger partial charge in [-0.25, -0.2) is 4.68 Å². The highest BCUT2D eigenvalue weighted by Crippen LogP contribution is 2.22. The molecule has 1 aromatic heterocycles. The van der Waals surface area contributed by atoms with Gasteiger partial charge in [0.05, 0.1) is 18.3 Å². The number of carbonyl (C=O) groups is 1. The van der Waals surface area contributed by atoms with E-state index in [1.54, 1.807) is 16.8 Å². The highest BCUT2D eigenvalue weighted by Gasteiger charge is 2.11. The van der Waals surface area contributed by atoms with E-state index in [9.17, 15) is 4.79 Å². The van der Waals surface area contributed by atoms with Gasteiger partial charge in [-0.1, -0.05) is 35.0 Å². The lowest BCUT2D eigenvalue weighted by atomic mass is 10.1. The molecule has 0 aliphatic heterocycles. The normalized spacial score (nSPS) is 10.8. The summed E-state index contributed by atoms with van der Waals surface area (Å²) < 4.78 is 6.46. The Hall–Kier alpha value is -2.40. The largest absolute Gasteiger partial charge is 0.469 e. The topological polar surface area (TPSA) is 57.0 Å². The molecule has 5 nitrogen and oxygen atoms in total. The van der Waals surface area contributed by atoms with Crippen LogP contribution in [0.1, 0.15) is 12.0 Å². The standard InChI is InChI=1S/C16H14ClN3O2/c1-22-16(21)9-6-11-4-2-3-5-14(11)20-15-8-7-12(17)10-13(15)18-19-20/h2-5,7-8,10H,6,9H2,1H3. The Bertz CT molecular complexity index is 829. The van der Waals surface area contributed by atoms with Gasteiger partial charge in [-0.3, -0.25) is 4.79 Å². The highest BCUT2D eigenvalue weighted by atomic mass is 35.5. The maximum Gasteiger partial charge on any atom is 0.305 e. The van der Waals surface area contributed by atoms with Gasteiger partial charge < -0.3 is 4.74 Å². The van der Waals surface area contributed by atoms with E-state index in [1.165, 1.54) is 7.11 Å². The molecular weight excluding hydrogens is 302 g/mol. The van der Waals surface area contributed by atoms with Crippen molar-refractivity contribution in [1.82, 2.24) is 15.0 Å². The first-order chi connectivity index (χ1) is 10.7. The summed E-state index contributed by atoms with van der Waals surface area (Å²) in [6.45, 7) is 0. The van der Waals surface area contributed by atoms with Crippen molar-refractivity contribution in [2.75, 3.05) is 7.11 Å². The van der Waals surface area contributed by atoms with Crippen LogP contribution in [-0.4, -0.2) is 28.1 Å². The van der Waals surface area contributed by atoms with Gasteiger partial charge in [-0.05, 0) is 36.2 Å². The molecule has 0 amide bonds. The van der Waals surface area contributed by atoms with Gasteiger partial charge in [0.25, 0.3) is 0 Å². The molecule has 0 unspecified atom stereocenters. The lowest BCUT2D eigenvalue weighted by Crippen LogP contribution is -2.06. The molecule has 3 rings (SSSR count). The van der Waals surface area contributed by atoms with Gasteiger partial charge in [0.2, 0.25) is 0 Å². The smallest absolute Gasteiger partial charge is 0.305 e. The number of carbonyl (C=O) groups excluding carboxylic acids is 1. The van der Waals surface area contributed by atoms with E-state index in [-0.39, 0.29) is 5.97 Å². The van der Waals surface area contributed by atoms with Crippen LogP contribution in [0.15, 0.2) is 42.5 Å². The molecule has 0 atom stereocenters. The summed E-state index contributed by atoms with van der Waals surface area (Å²) >= 11 is 5.98. The Morgan fingerprint density at radius 2 is 2.09 bits per heavy atom. The molecule has 6 heteroatoms. The molecular formula is C16H14ClN3O2. The van der Waals surface area contributed by atoms with Gasteiger partial charge in [0.15, 0.2) is 0 Å². The van der Waals surface area contributed by atoms with Crippen molar-refractivity contribution < 1.29 is 9.53 Å². The zero-order chi connectivity index (χ0) is 15.5. The number of fused-ring (bicyclic) bond motifs is 1. The van der Waals surface area contributed by atoms with Crippen LogP contribution in [0.4, 0.5) is 0 Å². The van der Waals surface area contributed by atoms with Crippen LogP contribution in [-0.2, 0) is 16.0 Å². The lowest BCUT2D eigenvalue weighted by Gasteiger charge is -2.09. The van der Waals surface area contributed by atoms with Crippen LogP contribution in [0.3, 0.4) is 0 Å². The molecule has 112 valence electrons. The average Bonchev–Trinajstić information content (AvgIpc) is 2.95. The quantitative estimate of drug-likeness (QED) is 0.694. The average molecular weight is 316 g/mol. The van der Waals surface area contributed by atoms with Crippen LogP contribution < -0.4 is 0 Å². The number of para-hydroxylation sites is 1. The Morgan fingerprint density at radius 1 is 1.27 bits per heavy atom. The fraction of sp³-hybridized carbons (Fsp3) is 0.188. The number of esters is 1. The number of aryl methyl sites for hydroxylation is 1. The number of rotatable bonds is 4. The Morgan fingerprint density at radius 3 is 2.91 bits per heavy atom. The van der Waals surface area contributed by atoms with Crippen molar-refractivity contribution in [3.05, 3.63) is 53.1 Å². The fourth-order valence-electron chi connectivity index (χ4n) is 2.34. The van der Waals surface area contributed by atoms with Gasteiger partial charge in [0.1, 0.15) is 5.52 Å². The zero-order valence-corrected chi connectivity index (χ0v) is 12.7. The number of hydrogen-bond acceptors (Lipinski definition) is 4. The van der Waals surface area contributed by atoms with Gasteiger partial charge >= 0.3 is 5.97 Å². The monoisotopic (exact) mass is 315 g/mol. The molecule has 0 radical (unpaired) electrons. The number of benzene rings is 2. The van der Waals surface area contributed by atoms with E-state index in [1.807, 2.05) is 30.3 Å². The molecule has 0 bridgehead atoms. The summed E-state index contributed by atoms with van der Waals surface area (Å²) in [4.78, 5) is 11.4. The molecule has 0 fully saturated rings. The van der Waals surface area contributed by atoms with Crippen molar-refractivity contribution in [2.45, 2.75) is 12.8 Å². The fourth-order valence-corrected chi connectivity index (χ4v) is 2.51. The molecule has 1 heterocycles. The maximum atomic E-state index is 11.4. The third-order valence-corrected chi connectivity index (χ3v) is 3.69. The van der Waals surface area contributed by atoms with Crippen LogP contribution in [0, 0.1) is 0 Å². The van der Waals surface area contributed by atoms with Crippen molar-refractivity contribution in [1.29, 1.82) is 0 Å². The minimum Gasteiger partial charge on any atom is -0.469 e. The first-order valence-electron chi connectivity index (χ1n) is 6.85. The minimum atomic E-state index is -0.231. The Balaban J connectivity index is 2.01. The summed E-state index contributed by atoms with van der Waals surface area (Å²) in [5, 5.41) is 8.98. The van der Waals surface area contributed by atoms with Gasteiger partial charge in [-0.15, -0.1) is 5.10 Å². The molecule has 0 aliphatic rings. The highest BCUT2D eigenvalue weighted by molar-refractivity contribution is 6.31. The van der Waals surface area contributed by atoms with Crippen molar-refractivity contribution in [3.8, 4) is 5.69 Å². The number of halogens is 1. The molecule has 0 aliphatic carbocycles. The van der Waals surface area contributed by atoms with Crippen LogP contribution in [0.2, 0.25) is 5.02 Å². The SMILES string of the molecule is COC(=O)CCc1ccccc1-n1nnc2cc(Cl)ccc21. The van der Waals surface area contributed by atoms with Crippen molar-refractivity contribution >= 4 is 28.6 Å². The van der Waals surface area contributed by atoms with Gasteiger partial charge in [0, 0.05) is 11.4 Å². The number of ether oxygens (including phenoxy) is 1. The molecule has 0 N–H and O–H groups in total. The van der Waals surface area contributed by atoms with Gasteiger partial charge in [-0.2, -0.15) is 0 Å². The first kappa shape index (κ1) is 14.5. The number of aromatic nitrogens is 3. The first-order valence-corrected chi connectivity index (χ1v) is 7.23. The van der Waals surface area contributed by atoms with Crippen LogP contribution in [0.25, 0.3) is 16.7 Å². The second kappa shape index (κ2) is 6.15. The summed E-state index contributed by atoms with van der Waals surface area (Å²) in [5.74, 6) is -0.231. The lowest BCUT2D eigenvalue weighted by molar-refractivity contribution is -0.140. The number of nitrogens with zero attached hydrogens (tertiary/aromatic N) is 3. The molecule has 0 saturated carbocycles. The van der Waals surface area contributed by atoms with Crippen molar-refractivity contribution in [3.63, 3.8) is 0 Å². The van der Waals surface area contributed by atoms with E-state index < -0.39 is 0 Å². The minimum absolute atomic E-state index is 0.231. The third-order valence-electron chi connectivity index (χ3n) is 3.45. The van der Waals surface area contributed by atoms with Crippen LogP contribution in [0.5, 0.6) is 0 Å². The molecule has 2 aromatic carbocycles. The predicted octanol–water partition coefficient (Wildman–Crippen LogP) is 3.18. The number of methoxy groups -OCH3 is 1. The molecule has 0 saturated heterocycles. The Kier molecular flexibility index (Phi) is 4.06. The summed E-state index contributed by atoms with van der Waals surface area (Å²) in [7, 11) is 1.39. The third kappa shape index (κ3) is 2.80. The molecule has 3 aromatic rings. The molecule has 0 spiro atoms. The van der Waals surface area contributed by atoms with E-state index in [0.29, 0.717) is 17.9 Å². The Labute approximate surface area is 132 Å². The van der Waals surface area contributed by atoms with E-state index in [2.05, 4.69) is 10.3 Å². The molecule has 22 heavy (non-hydrogen) atoms. The second-order valence-electron chi connectivity index (χ2n) is 4.84. The van der Waals surface area contributed by atoms with E-state index >= 15 is 0 Å². The second-order valence-corrected chi connectivity index (χ2v) is 5.28. The van der Waals surface area contributed by atoms with Crippen molar-refractivity contribution in [2.24, 2.45) is 0 Å². The maximum absolute atomic E-state index is 11.4. The summed E-state index contributed by atoms with van der Waals surface area (Å²) in [6.07, 6.45) is 0.907.